The Balaban J connectivity index is 0.991. The van der Waals surface area contributed by atoms with Gasteiger partial charge in [0.25, 0.3) is 0 Å². The maximum absolute atomic E-state index is 2.46. The second-order valence-corrected chi connectivity index (χ2v) is 19.0. The molecule has 1 aromatic heterocycles. The Labute approximate surface area is 412 Å². The van der Waals surface area contributed by atoms with E-state index >= 15 is 0 Å². The van der Waals surface area contributed by atoms with Crippen molar-refractivity contribution >= 4 is 70.1 Å². The number of para-hydroxylation sites is 1. The molecule has 0 N–H and O–H groups in total. The Morgan fingerprint density at radius 3 is 1.26 bits per heavy atom. The largest absolute Gasteiger partial charge is 0.309 e. The summed E-state index contributed by atoms with van der Waals surface area (Å²) in [6, 6.07) is 99.9. The van der Waals surface area contributed by atoms with Crippen molar-refractivity contribution in [2.24, 2.45) is 0 Å². The smallest absolute Gasteiger partial charge is 0.0618 e. The third kappa shape index (κ3) is 7.25. The molecule has 1 nitrogen and oxygen atoms in total. The lowest BCUT2D eigenvalue weighted by atomic mass is 9.84. The number of fused-ring (bicyclic) bond motifs is 6. The molecular weight excluding hydrogens is 863 g/mol. The van der Waals surface area contributed by atoms with Gasteiger partial charge in [-0.15, -0.1) is 11.3 Å². The van der Waals surface area contributed by atoms with E-state index in [-0.39, 0.29) is 0 Å². The standard InChI is InChI=1S/C68H45NS/c1-5-19-47(20-6-1)55-30-17-31-56(48-21-7-2-8-22-48)67(55)69(54-42-37-49(38-43-54)57-32-18-33-62-60-28-15-16-34-64(60)70-68(57)62)53-40-35-46(36-41-53)52-39-44-59-58-27-13-14-29-61(58)65(50-23-9-3-10-24-50)66(63(59)45-52)51-25-11-4-12-26-51/h1-45H. The molecule has 0 spiro atoms. The summed E-state index contributed by atoms with van der Waals surface area (Å²) in [5, 5.41) is 7.62. The summed E-state index contributed by atoms with van der Waals surface area (Å²) < 4.78 is 2.63. The molecule has 0 bridgehead atoms. The molecule has 0 saturated heterocycles. The average Bonchev–Trinajstić information content (AvgIpc) is 3.83. The molecule has 328 valence electrons. The maximum Gasteiger partial charge on any atom is 0.0618 e. The number of rotatable bonds is 9. The van der Waals surface area contributed by atoms with Crippen LogP contribution in [0.15, 0.2) is 273 Å². The molecule has 12 aromatic carbocycles. The van der Waals surface area contributed by atoms with Gasteiger partial charge < -0.3 is 4.90 Å². The van der Waals surface area contributed by atoms with Crippen molar-refractivity contribution in [2.75, 3.05) is 4.90 Å². The molecule has 0 amide bonds. The summed E-state index contributed by atoms with van der Waals surface area (Å²) in [5.74, 6) is 0. The van der Waals surface area contributed by atoms with Gasteiger partial charge in [0.05, 0.1) is 5.69 Å². The fourth-order valence-corrected chi connectivity index (χ4v) is 11.9. The van der Waals surface area contributed by atoms with Crippen LogP contribution < -0.4 is 4.90 Å². The van der Waals surface area contributed by atoms with Gasteiger partial charge in [0.1, 0.15) is 0 Å². The zero-order valence-corrected chi connectivity index (χ0v) is 39.2. The zero-order valence-electron chi connectivity index (χ0n) is 38.3. The van der Waals surface area contributed by atoms with Crippen LogP contribution in [0, 0.1) is 0 Å². The third-order valence-electron chi connectivity index (χ3n) is 13.9. The number of anilines is 3. The van der Waals surface area contributed by atoms with Gasteiger partial charge in [0.15, 0.2) is 0 Å². The lowest BCUT2D eigenvalue weighted by molar-refractivity contribution is 1.28. The summed E-state index contributed by atoms with van der Waals surface area (Å²) in [6.07, 6.45) is 0. The number of nitrogens with zero attached hydrogens (tertiary/aromatic N) is 1. The van der Waals surface area contributed by atoms with Crippen LogP contribution in [-0.4, -0.2) is 0 Å². The molecule has 1 heterocycles. The number of thiophene rings is 1. The minimum atomic E-state index is 1.08. The van der Waals surface area contributed by atoms with E-state index in [2.05, 4.69) is 278 Å². The van der Waals surface area contributed by atoms with Crippen LogP contribution in [0.3, 0.4) is 0 Å². The molecule has 0 atom stereocenters. The van der Waals surface area contributed by atoms with Gasteiger partial charge in [-0.2, -0.15) is 0 Å². The second kappa shape index (κ2) is 17.7. The molecule has 13 rings (SSSR count). The van der Waals surface area contributed by atoms with E-state index in [9.17, 15) is 0 Å². The van der Waals surface area contributed by atoms with E-state index in [0.29, 0.717) is 0 Å². The second-order valence-electron chi connectivity index (χ2n) is 17.9. The van der Waals surface area contributed by atoms with E-state index in [0.717, 1.165) is 44.9 Å². The third-order valence-corrected chi connectivity index (χ3v) is 15.1. The normalized spacial score (nSPS) is 11.4. The van der Waals surface area contributed by atoms with Gasteiger partial charge in [0, 0.05) is 42.7 Å². The summed E-state index contributed by atoms with van der Waals surface area (Å²) in [7, 11) is 0. The highest BCUT2D eigenvalue weighted by atomic mass is 32.1. The molecule has 0 radical (unpaired) electrons. The Bertz CT molecular complexity index is 3950. The first kappa shape index (κ1) is 41.4. The fraction of sp³-hybridized carbons (Fsp3) is 0. The highest BCUT2D eigenvalue weighted by Crippen LogP contribution is 2.49. The van der Waals surface area contributed by atoms with E-state index in [1.54, 1.807) is 0 Å². The number of benzene rings is 12. The minimum Gasteiger partial charge on any atom is -0.309 e. The number of hydrogen-bond acceptors (Lipinski definition) is 2. The van der Waals surface area contributed by atoms with Crippen LogP contribution in [-0.2, 0) is 0 Å². The molecule has 0 unspecified atom stereocenters. The zero-order chi connectivity index (χ0) is 46.4. The van der Waals surface area contributed by atoms with Gasteiger partial charge in [-0.3, -0.25) is 0 Å². The van der Waals surface area contributed by atoms with Crippen LogP contribution in [0.25, 0.3) is 108 Å². The quantitative estimate of drug-likeness (QED) is 0.130. The van der Waals surface area contributed by atoms with Gasteiger partial charge in [-0.05, 0) is 114 Å². The molecule has 0 saturated carbocycles. The van der Waals surface area contributed by atoms with E-state index < -0.39 is 0 Å². The topological polar surface area (TPSA) is 3.24 Å². The van der Waals surface area contributed by atoms with Crippen molar-refractivity contribution < 1.29 is 0 Å². The van der Waals surface area contributed by atoms with Crippen LogP contribution in [0.4, 0.5) is 17.1 Å². The maximum atomic E-state index is 2.46. The van der Waals surface area contributed by atoms with E-state index in [4.69, 9.17) is 0 Å². The first-order chi connectivity index (χ1) is 34.7. The van der Waals surface area contributed by atoms with Crippen molar-refractivity contribution in [1.29, 1.82) is 0 Å². The van der Waals surface area contributed by atoms with Crippen molar-refractivity contribution in [2.45, 2.75) is 0 Å². The van der Waals surface area contributed by atoms with Crippen molar-refractivity contribution in [3.8, 4) is 66.8 Å². The molecule has 0 aliphatic rings. The van der Waals surface area contributed by atoms with Crippen LogP contribution in [0.5, 0.6) is 0 Å². The van der Waals surface area contributed by atoms with Crippen LogP contribution >= 0.6 is 11.3 Å². The van der Waals surface area contributed by atoms with Crippen molar-refractivity contribution in [3.63, 3.8) is 0 Å². The molecule has 0 fully saturated rings. The van der Waals surface area contributed by atoms with E-state index in [1.807, 2.05) is 11.3 Å². The molecule has 0 aliphatic carbocycles. The lowest BCUT2D eigenvalue weighted by Crippen LogP contribution is -2.12. The van der Waals surface area contributed by atoms with Gasteiger partial charge in [-0.25, -0.2) is 0 Å². The van der Waals surface area contributed by atoms with Gasteiger partial charge in [-0.1, -0.05) is 237 Å². The summed E-state index contributed by atoms with van der Waals surface area (Å²) >= 11 is 1.88. The molecule has 2 heteroatoms. The Hall–Kier alpha value is -8.82. The van der Waals surface area contributed by atoms with Crippen molar-refractivity contribution in [3.05, 3.63) is 273 Å². The van der Waals surface area contributed by atoms with Crippen LogP contribution in [0.2, 0.25) is 0 Å². The van der Waals surface area contributed by atoms with Gasteiger partial charge in [0.2, 0.25) is 0 Å². The van der Waals surface area contributed by atoms with Crippen LogP contribution in [0.1, 0.15) is 0 Å². The highest BCUT2D eigenvalue weighted by Gasteiger charge is 2.23. The first-order valence-corrected chi connectivity index (χ1v) is 24.8. The molecule has 70 heavy (non-hydrogen) atoms. The monoisotopic (exact) mass is 907 g/mol. The molecule has 0 aliphatic heterocycles. The van der Waals surface area contributed by atoms with E-state index in [1.165, 1.54) is 80.7 Å². The summed E-state index contributed by atoms with van der Waals surface area (Å²) in [4.78, 5) is 2.46. The Morgan fingerprint density at radius 1 is 0.243 bits per heavy atom. The van der Waals surface area contributed by atoms with Crippen molar-refractivity contribution in [1.82, 2.24) is 0 Å². The lowest BCUT2D eigenvalue weighted by Gasteiger charge is -2.30. The minimum absolute atomic E-state index is 1.08. The van der Waals surface area contributed by atoms with Gasteiger partial charge >= 0.3 is 0 Å². The number of hydrogen-bond donors (Lipinski definition) is 0. The summed E-state index contributed by atoms with van der Waals surface area (Å²) in [5.41, 5.74) is 17.7. The fourth-order valence-electron chi connectivity index (χ4n) is 10.6. The SMILES string of the molecule is c1ccc(-c2cccc(-c3ccccc3)c2N(c2ccc(-c3ccc4c(c3)c(-c3ccccc3)c(-c3ccccc3)c3ccccc34)cc2)c2ccc(-c3cccc4c3sc3ccccc34)cc2)cc1. The molecular formula is C68H45NS. The highest BCUT2D eigenvalue weighted by molar-refractivity contribution is 7.26. The first-order valence-electron chi connectivity index (χ1n) is 24.0. The Morgan fingerprint density at radius 2 is 0.657 bits per heavy atom. The average molecular weight is 908 g/mol. The Kier molecular flexibility index (Phi) is 10.5. The summed E-state index contributed by atoms with van der Waals surface area (Å²) in [6.45, 7) is 0. The predicted octanol–water partition coefficient (Wildman–Crippen LogP) is 19.8. The molecule has 13 aromatic rings. The predicted molar refractivity (Wildman–Crippen MR) is 302 cm³/mol.